The van der Waals surface area contributed by atoms with E-state index >= 15 is 0 Å². The predicted octanol–water partition coefficient (Wildman–Crippen LogP) is 18.6. The van der Waals surface area contributed by atoms with Crippen LogP contribution < -0.4 is 0 Å². The molecule has 0 saturated heterocycles. The Morgan fingerprint density at radius 1 is 0.197 bits per heavy atom. The molecule has 0 aromatic heterocycles. The number of aryl methyl sites for hydroxylation is 4. The van der Waals surface area contributed by atoms with Crippen LogP contribution in [-0.2, 0) is 0 Å². The molecule has 0 fully saturated rings. The summed E-state index contributed by atoms with van der Waals surface area (Å²) in [5.74, 6) is 0. The highest BCUT2D eigenvalue weighted by molar-refractivity contribution is 6.30. The lowest BCUT2D eigenvalue weighted by Gasteiger charge is -2.19. The molecule has 0 aliphatic heterocycles. The van der Waals surface area contributed by atoms with Gasteiger partial charge in [0.1, 0.15) is 0 Å². The van der Waals surface area contributed by atoms with Gasteiger partial charge in [-0.05, 0) is 229 Å². The quantitative estimate of drug-likeness (QED) is 0.155. The molecule has 0 spiro atoms. The fourth-order valence-electron chi connectivity index (χ4n) is 12.4. The van der Waals surface area contributed by atoms with Gasteiger partial charge in [0.05, 0.1) is 0 Å². The molecule has 0 nitrogen and oxygen atoms in total. The first-order chi connectivity index (χ1) is 32.4. The van der Waals surface area contributed by atoms with Crippen molar-refractivity contribution < 1.29 is 0 Å². The normalized spacial score (nSPS) is 12.2. The summed E-state index contributed by atoms with van der Waals surface area (Å²) < 4.78 is 0. The highest BCUT2D eigenvalue weighted by atomic mass is 14.3. The minimum Gasteiger partial charge on any atom is -0.0622 e. The van der Waals surface area contributed by atoms with Crippen molar-refractivity contribution in [2.45, 2.75) is 27.7 Å². The van der Waals surface area contributed by atoms with Crippen LogP contribution in [0.5, 0.6) is 0 Å². The molecule has 2 aliphatic rings. The van der Waals surface area contributed by atoms with Gasteiger partial charge in [-0.2, -0.15) is 0 Å². The van der Waals surface area contributed by atoms with E-state index in [2.05, 4.69) is 222 Å². The molecule has 0 heteroatoms. The van der Waals surface area contributed by atoms with Crippen LogP contribution >= 0.6 is 0 Å². The summed E-state index contributed by atoms with van der Waals surface area (Å²) in [5, 5.41) is 13.0. The van der Waals surface area contributed by atoms with Crippen LogP contribution in [0.1, 0.15) is 22.3 Å². The molecule has 0 N–H and O–H groups in total. The zero-order valence-corrected chi connectivity index (χ0v) is 37.5. The average molecular weight is 837 g/mol. The van der Waals surface area contributed by atoms with Crippen LogP contribution in [0.25, 0.3) is 143 Å². The Morgan fingerprint density at radius 2 is 0.500 bits per heavy atom. The third kappa shape index (κ3) is 5.10. The van der Waals surface area contributed by atoms with Gasteiger partial charge in [-0.1, -0.05) is 158 Å². The molecule has 0 heterocycles. The number of hydrogen-bond donors (Lipinski definition) is 0. The summed E-state index contributed by atoms with van der Waals surface area (Å²) in [5.41, 5.74) is 26.0. The molecule has 0 amide bonds. The van der Waals surface area contributed by atoms with E-state index in [4.69, 9.17) is 0 Å². The molecular formula is C66H44. The van der Waals surface area contributed by atoms with Crippen LogP contribution in [0.3, 0.4) is 0 Å². The SMILES string of the molecule is Cc1cccc(C)c1-c1ccc2c3c(cccc13)-c1cc3c(cc1-2)c(-c1ccccc1)cc1c2cc4c(cc2c(-c2ccccc2)cc31)-c1ccc(-c2c(C)cccc2C)c2cccc-4c12. The van der Waals surface area contributed by atoms with E-state index in [9.17, 15) is 0 Å². The second kappa shape index (κ2) is 13.7. The average Bonchev–Trinajstić information content (AvgIpc) is 3.84. The van der Waals surface area contributed by atoms with Gasteiger partial charge in [-0.25, -0.2) is 0 Å². The standard InChI is InChI=1S/C66H44/c1-37-15-11-16-38(2)63(37)47-27-29-49-55-33-57-51(41-19-7-5-8-20-41)31-60-59(61(57)35-53(55)45-25-13-23-43(47)65(45)49)32-52(42-21-9-6-10-22-42)58-34-56-50-30-28-48(64-39(3)17-12-18-40(64)4)44-24-14-26-46(66(44)50)54(56)36-62(58)60/h5-36H,1-4H3. The fraction of sp³-hybridized carbons (Fsp3) is 0.0606. The number of hydrogen-bond acceptors (Lipinski definition) is 0. The van der Waals surface area contributed by atoms with Gasteiger partial charge in [-0.15, -0.1) is 0 Å². The second-order valence-electron chi connectivity index (χ2n) is 18.9. The van der Waals surface area contributed by atoms with E-state index in [1.807, 2.05) is 0 Å². The predicted molar refractivity (Wildman–Crippen MR) is 284 cm³/mol. The van der Waals surface area contributed by atoms with Crippen molar-refractivity contribution in [1.82, 2.24) is 0 Å². The molecular weight excluding hydrogens is 793 g/mol. The van der Waals surface area contributed by atoms with Crippen molar-refractivity contribution in [3.05, 3.63) is 216 Å². The van der Waals surface area contributed by atoms with Crippen LogP contribution in [0.15, 0.2) is 194 Å². The van der Waals surface area contributed by atoms with Gasteiger partial charge in [-0.3, -0.25) is 0 Å². The molecule has 0 unspecified atom stereocenters. The number of fused-ring (bicyclic) bond motifs is 11. The van der Waals surface area contributed by atoms with Gasteiger partial charge in [0.25, 0.3) is 0 Å². The molecule has 0 atom stereocenters. The van der Waals surface area contributed by atoms with Crippen molar-refractivity contribution in [1.29, 1.82) is 0 Å². The fourth-order valence-corrected chi connectivity index (χ4v) is 12.4. The highest BCUT2D eigenvalue weighted by Gasteiger charge is 2.28. The van der Waals surface area contributed by atoms with Gasteiger partial charge in [0.2, 0.25) is 0 Å². The molecule has 12 aromatic carbocycles. The van der Waals surface area contributed by atoms with E-state index in [1.165, 1.54) is 165 Å². The van der Waals surface area contributed by atoms with Crippen LogP contribution in [-0.4, -0.2) is 0 Å². The minimum atomic E-state index is 1.23. The minimum absolute atomic E-state index is 1.23. The maximum atomic E-state index is 2.53. The maximum absolute atomic E-state index is 2.53. The molecule has 2 aliphatic carbocycles. The van der Waals surface area contributed by atoms with Gasteiger partial charge < -0.3 is 0 Å². The van der Waals surface area contributed by atoms with Gasteiger partial charge in [0, 0.05) is 0 Å². The van der Waals surface area contributed by atoms with E-state index in [1.54, 1.807) is 0 Å². The third-order valence-electron chi connectivity index (χ3n) is 15.3. The van der Waals surface area contributed by atoms with E-state index < -0.39 is 0 Å². The Balaban J connectivity index is 1.08. The zero-order valence-electron chi connectivity index (χ0n) is 37.5. The molecule has 0 bridgehead atoms. The van der Waals surface area contributed by atoms with Crippen molar-refractivity contribution in [2.24, 2.45) is 0 Å². The Morgan fingerprint density at radius 3 is 0.894 bits per heavy atom. The summed E-state index contributed by atoms with van der Waals surface area (Å²) >= 11 is 0. The van der Waals surface area contributed by atoms with E-state index in [0.717, 1.165) is 0 Å². The lowest BCUT2D eigenvalue weighted by atomic mass is 9.84. The topological polar surface area (TPSA) is 0 Å². The monoisotopic (exact) mass is 836 g/mol. The van der Waals surface area contributed by atoms with Gasteiger partial charge >= 0.3 is 0 Å². The molecule has 66 heavy (non-hydrogen) atoms. The van der Waals surface area contributed by atoms with Crippen molar-refractivity contribution in [3.8, 4) is 89.0 Å². The first-order valence-corrected chi connectivity index (χ1v) is 23.3. The number of rotatable bonds is 4. The highest BCUT2D eigenvalue weighted by Crippen LogP contribution is 2.55. The van der Waals surface area contributed by atoms with Crippen LogP contribution in [0.2, 0.25) is 0 Å². The largest absolute Gasteiger partial charge is 0.0622 e. The first kappa shape index (κ1) is 37.3. The van der Waals surface area contributed by atoms with E-state index in [0.29, 0.717) is 0 Å². The summed E-state index contributed by atoms with van der Waals surface area (Å²) in [6.07, 6.45) is 0. The lowest BCUT2D eigenvalue weighted by Crippen LogP contribution is -1.91. The lowest BCUT2D eigenvalue weighted by molar-refractivity contribution is 1.38. The molecule has 0 radical (unpaired) electrons. The first-order valence-electron chi connectivity index (χ1n) is 23.3. The summed E-state index contributed by atoms with van der Waals surface area (Å²) in [6.45, 7) is 8.97. The molecule has 12 aromatic rings. The van der Waals surface area contributed by atoms with Crippen molar-refractivity contribution in [2.75, 3.05) is 0 Å². The summed E-state index contributed by atoms with van der Waals surface area (Å²) in [7, 11) is 0. The Kier molecular flexibility index (Phi) is 7.76. The van der Waals surface area contributed by atoms with Crippen LogP contribution in [0.4, 0.5) is 0 Å². The Hall–Kier alpha value is -8.06. The van der Waals surface area contributed by atoms with Crippen molar-refractivity contribution in [3.63, 3.8) is 0 Å². The van der Waals surface area contributed by atoms with Gasteiger partial charge in [0.15, 0.2) is 0 Å². The number of benzene rings is 12. The zero-order chi connectivity index (χ0) is 43.9. The summed E-state index contributed by atoms with van der Waals surface area (Å²) in [4.78, 5) is 0. The molecule has 308 valence electrons. The van der Waals surface area contributed by atoms with Crippen molar-refractivity contribution >= 4 is 53.9 Å². The maximum Gasteiger partial charge on any atom is -0.00201 e. The molecule has 0 saturated carbocycles. The van der Waals surface area contributed by atoms with E-state index in [-0.39, 0.29) is 0 Å². The third-order valence-corrected chi connectivity index (χ3v) is 15.3. The molecule has 14 rings (SSSR count). The second-order valence-corrected chi connectivity index (χ2v) is 18.9. The Labute approximate surface area is 385 Å². The summed E-state index contributed by atoms with van der Waals surface area (Å²) in [6, 6.07) is 73.9. The van der Waals surface area contributed by atoms with Crippen LogP contribution in [0, 0.1) is 27.7 Å². The Bertz CT molecular complexity index is 3800. The smallest absolute Gasteiger partial charge is 0.00201 e.